The Morgan fingerprint density at radius 3 is 2.03 bits per heavy atom. The van der Waals surface area contributed by atoms with E-state index in [9.17, 15) is 39.0 Å². The van der Waals surface area contributed by atoms with Crippen molar-refractivity contribution in [3.63, 3.8) is 0 Å². The topological polar surface area (TPSA) is 286 Å². The van der Waals surface area contributed by atoms with Crippen molar-refractivity contribution in [3.8, 4) is 0 Å². The number of nitrogens with two attached hydrogens (primary N) is 3. The average Bonchev–Trinajstić information content (AvgIpc) is 3.26. The van der Waals surface area contributed by atoms with Gasteiger partial charge in [0, 0.05) is 24.7 Å². The quantitative estimate of drug-likeness (QED) is 0.114. The molecular weight excluding hydrogens is 456 g/mol. The molecule has 0 aliphatic heterocycles. The number of carbonyl (C=O) groups excluding carboxylic acids is 5. The SMILES string of the molecule is NC(=O)CCC(NC(=O)C(CO)NC(=O)C(Cc1cnc[nH]1)NC(=O)C(N)CC(N)=O)C(=O)O. The lowest BCUT2D eigenvalue weighted by Gasteiger charge is -2.24. The first-order valence-corrected chi connectivity index (χ1v) is 9.98. The van der Waals surface area contributed by atoms with Gasteiger partial charge in [0.05, 0.1) is 25.4 Å². The second-order valence-corrected chi connectivity index (χ2v) is 7.27. The highest BCUT2D eigenvalue weighted by molar-refractivity contribution is 5.95. The van der Waals surface area contributed by atoms with Crippen LogP contribution in [0.3, 0.4) is 0 Å². The minimum atomic E-state index is -1.59. The molecule has 16 nitrogen and oxygen atoms in total. The second kappa shape index (κ2) is 13.5. The molecular formula is C18H28N8O8. The van der Waals surface area contributed by atoms with Crippen molar-refractivity contribution >= 4 is 35.5 Å². The van der Waals surface area contributed by atoms with E-state index < -0.39 is 72.7 Å². The van der Waals surface area contributed by atoms with E-state index in [1.807, 2.05) is 0 Å². The zero-order chi connectivity index (χ0) is 25.8. The number of primary amides is 2. The van der Waals surface area contributed by atoms with E-state index in [2.05, 4.69) is 25.9 Å². The number of hydrogen-bond donors (Lipinski definition) is 9. The second-order valence-electron chi connectivity index (χ2n) is 7.27. The first-order valence-electron chi connectivity index (χ1n) is 9.98. The average molecular weight is 484 g/mol. The van der Waals surface area contributed by atoms with E-state index in [4.69, 9.17) is 17.2 Å². The number of aliphatic hydroxyl groups is 1. The Hall–Kier alpha value is -4.05. The summed E-state index contributed by atoms with van der Waals surface area (Å²) in [5, 5.41) is 25.4. The van der Waals surface area contributed by atoms with Gasteiger partial charge < -0.3 is 48.3 Å². The van der Waals surface area contributed by atoms with E-state index in [0.29, 0.717) is 5.69 Å². The maximum Gasteiger partial charge on any atom is 0.326 e. The summed E-state index contributed by atoms with van der Waals surface area (Å²) in [6, 6.07) is -5.76. The summed E-state index contributed by atoms with van der Waals surface area (Å²) in [6.45, 7) is -0.911. The molecule has 0 aliphatic carbocycles. The van der Waals surface area contributed by atoms with Crippen molar-refractivity contribution in [2.45, 2.75) is 49.9 Å². The number of amides is 5. The van der Waals surface area contributed by atoms with Crippen LogP contribution in [0.15, 0.2) is 12.5 Å². The molecule has 1 aromatic rings. The highest BCUT2D eigenvalue weighted by Gasteiger charge is 2.30. The number of H-pyrrole nitrogens is 1. The van der Waals surface area contributed by atoms with Crippen molar-refractivity contribution in [2.75, 3.05) is 6.61 Å². The minimum Gasteiger partial charge on any atom is -0.480 e. The molecule has 0 spiro atoms. The molecule has 4 atom stereocenters. The summed E-state index contributed by atoms with van der Waals surface area (Å²) in [5.41, 5.74) is 16.0. The van der Waals surface area contributed by atoms with Gasteiger partial charge in [0.25, 0.3) is 0 Å². The van der Waals surface area contributed by atoms with Gasteiger partial charge in [-0.25, -0.2) is 9.78 Å². The molecule has 5 amide bonds. The number of aromatic amines is 1. The zero-order valence-electron chi connectivity index (χ0n) is 18.0. The van der Waals surface area contributed by atoms with Crippen LogP contribution >= 0.6 is 0 Å². The minimum absolute atomic E-state index is 0.128. The van der Waals surface area contributed by atoms with E-state index >= 15 is 0 Å². The number of imidazole rings is 1. The van der Waals surface area contributed by atoms with Crippen LogP contribution in [0.2, 0.25) is 0 Å². The largest absolute Gasteiger partial charge is 0.480 e. The van der Waals surface area contributed by atoms with Gasteiger partial charge in [-0.05, 0) is 6.42 Å². The van der Waals surface area contributed by atoms with Gasteiger partial charge >= 0.3 is 5.97 Å². The predicted octanol–water partition coefficient (Wildman–Crippen LogP) is -5.05. The molecule has 0 bridgehead atoms. The number of nitrogens with one attached hydrogen (secondary N) is 4. The van der Waals surface area contributed by atoms with Crippen LogP contribution in [0.25, 0.3) is 0 Å². The van der Waals surface area contributed by atoms with Crippen LogP contribution in [-0.2, 0) is 35.2 Å². The Bertz CT molecular complexity index is 891. The fourth-order valence-corrected chi connectivity index (χ4v) is 2.70. The molecule has 0 aliphatic rings. The summed E-state index contributed by atoms with van der Waals surface area (Å²) in [7, 11) is 0. The van der Waals surface area contributed by atoms with Gasteiger partial charge in [-0.1, -0.05) is 0 Å². The summed E-state index contributed by atoms with van der Waals surface area (Å²) in [4.78, 5) is 77.2. The Balaban J connectivity index is 2.92. The van der Waals surface area contributed by atoms with E-state index in [-0.39, 0.29) is 19.3 Å². The summed E-state index contributed by atoms with van der Waals surface area (Å²) < 4.78 is 0. The zero-order valence-corrected chi connectivity index (χ0v) is 18.0. The standard InChI is InChI=1S/C18H28N8O8/c19-9(4-14(21)29)15(30)25-11(3-8-5-22-7-23-8)16(31)26-12(6-27)17(32)24-10(18(33)34)1-2-13(20)28/h5,7,9-12,27H,1-4,6,19H2,(H2,20,28)(H2,21,29)(H,22,23)(H,24,32)(H,25,30)(H,26,31)(H,33,34). The number of rotatable bonds is 15. The van der Waals surface area contributed by atoms with E-state index in [0.717, 1.165) is 0 Å². The van der Waals surface area contributed by atoms with Crippen molar-refractivity contribution in [3.05, 3.63) is 18.2 Å². The summed E-state index contributed by atoms with van der Waals surface area (Å²) in [6.07, 6.45) is 1.47. The van der Waals surface area contributed by atoms with E-state index in [1.165, 1.54) is 12.5 Å². The molecule has 34 heavy (non-hydrogen) atoms. The first-order chi connectivity index (χ1) is 15.9. The molecule has 12 N–H and O–H groups in total. The van der Waals surface area contributed by atoms with Gasteiger partial charge in [0.2, 0.25) is 29.5 Å². The van der Waals surface area contributed by atoms with Crippen LogP contribution < -0.4 is 33.2 Å². The fourth-order valence-electron chi connectivity index (χ4n) is 2.70. The molecule has 1 heterocycles. The van der Waals surface area contributed by atoms with Crippen molar-refractivity contribution < 1.29 is 39.0 Å². The Kier molecular flexibility index (Phi) is 11.1. The molecule has 1 rings (SSSR count). The van der Waals surface area contributed by atoms with Crippen LogP contribution in [-0.4, -0.2) is 86.5 Å². The predicted molar refractivity (Wildman–Crippen MR) is 113 cm³/mol. The van der Waals surface area contributed by atoms with Crippen LogP contribution in [0.4, 0.5) is 0 Å². The summed E-state index contributed by atoms with van der Waals surface area (Å²) >= 11 is 0. The molecule has 188 valence electrons. The maximum atomic E-state index is 12.8. The Morgan fingerprint density at radius 2 is 1.53 bits per heavy atom. The van der Waals surface area contributed by atoms with Crippen molar-refractivity contribution in [2.24, 2.45) is 17.2 Å². The number of hydrogen-bond acceptors (Lipinski definition) is 9. The smallest absolute Gasteiger partial charge is 0.326 e. The third-order valence-electron chi connectivity index (χ3n) is 4.48. The number of aliphatic carboxylic acids is 1. The molecule has 0 saturated carbocycles. The first kappa shape index (κ1) is 28.0. The Morgan fingerprint density at radius 1 is 0.941 bits per heavy atom. The molecule has 16 heteroatoms. The lowest BCUT2D eigenvalue weighted by Crippen LogP contribution is -2.58. The number of aliphatic hydroxyl groups excluding tert-OH is 1. The third kappa shape index (κ3) is 9.61. The highest BCUT2D eigenvalue weighted by atomic mass is 16.4. The molecule has 1 aromatic heterocycles. The lowest BCUT2D eigenvalue weighted by atomic mass is 10.1. The number of carbonyl (C=O) groups is 6. The molecule has 0 radical (unpaired) electrons. The molecule has 0 fully saturated rings. The van der Waals surface area contributed by atoms with Crippen LogP contribution in [0, 0.1) is 0 Å². The Labute approximate surface area is 193 Å². The highest BCUT2D eigenvalue weighted by Crippen LogP contribution is 2.03. The van der Waals surface area contributed by atoms with Crippen molar-refractivity contribution in [1.29, 1.82) is 0 Å². The number of carboxylic acids is 1. The normalized spacial score (nSPS) is 14.2. The van der Waals surface area contributed by atoms with Gasteiger partial charge in [0.1, 0.15) is 18.1 Å². The van der Waals surface area contributed by atoms with E-state index in [1.54, 1.807) is 0 Å². The number of aromatic nitrogens is 2. The number of nitrogens with zero attached hydrogens (tertiary/aromatic N) is 1. The fraction of sp³-hybridized carbons (Fsp3) is 0.500. The molecule has 0 saturated heterocycles. The maximum absolute atomic E-state index is 12.8. The van der Waals surface area contributed by atoms with Gasteiger partial charge in [-0.15, -0.1) is 0 Å². The molecule has 4 unspecified atom stereocenters. The van der Waals surface area contributed by atoms with Gasteiger partial charge in [-0.3, -0.25) is 24.0 Å². The summed E-state index contributed by atoms with van der Waals surface area (Å²) in [5.74, 6) is -5.92. The van der Waals surface area contributed by atoms with Gasteiger partial charge in [0.15, 0.2) is 0 Å². The molecule has 0 aromatic carbocycles. The van der Waals surface area contributed by atoms with Crippen molar-refractivity contribution in [1.82, 2.24) is 25.9 Å². The van der Waals surface area contributed by atoms with Gasteiger partial charge in [-0.2, -0.15) is 0 Å². The third-order valence-corrected chi connectivity index (χ3v) is 4.48. The van der Waals surface area contributed by atoms with Crippen LogP contribution in [0.5, 0.6) is 0 Å². The van der Waals surface area contributed by atoms with Crippen LogP contribution in [0.1, 0.15) is 25.0 Å². The monoisotopic (exact) mass is 484 g/mol. The lowest BCUT2D eigenvalue weighted by molar-refractivity contribution is -0.143. The number of carboxylic acid groups (broad SMARTS) is 1.